The molecule has 0 spiro atoms. The molecule has 0 amide bonds. The van der Waals surface area contributed by atoms with E-state index in [4.69, 9.17) is 5.73 Å². The van der Waals surface area contributed by atoms with Crippen molar-refractivity contribution in [3.63, 3.8) is 0 Å². The zero-order valence-corrected chi connectivity index (χ0v) is 12.2. The molecule has 2 aromatic rings. The van der Waals surface area contributed by atoms with E-state index >= 15 is 0 Å². The second-order valence-corrected chi connectivity index (χ2v) is 5.18. The summed E-state index contributed by atoms with van der Waals surface area (Å²) in [4.78, 5) is 4.44. The van der Waals surface area contributed by atoms with Crippen LogP contribution in [0, 0.1) is 0 Å². The van der Waals surface area contributed by atoms with Crippen LogP contribution in [0.5, 0.6) is 0 Å². The van der Waals surface area contributed by atoms with Crippen LogP contribution in [0.15, 0.2) is 24.3 Å². The molecule has 0 aliphatic rings. The summed E-state index contributed by atoms with van der Waals surface area (Å²) in [5, 5.41) is 0. The number of imidazole rings is 1. The van der Waals surface area contributed by atoms with Gasteiger partial charge in [-0.15, -0.1) is 0 Å². The lowest BCUT2D eigenvalue weighted by atomic mass is 10.1. The second kappa shape index (κ2) is 5.42. The van der Waals surface area contributed by atoms with Gasteiger partial charge in [-0.1, -0.05) is 26.0 Å². The molecule has 2 rings (SSSR count). The van der Waals surface area contributed by atoms with Crippen LogP contribution in [0.3, 0.4) is 0 Å². The van der Waals surface area contributed by atoms with Crippen molar-refractivity contribution in [3.05, 3.63) is 35.7 Å². The number of halogens is 3. The maximum atomic E-state index is 12.8. The maximum Gasteiger partial charge on any atom is 0.416 e. The fraction of sp³-hybridized carbons (Fsp3) is 0.400. The molecule has 114 valence electrons. The summed E-state index contributed by atoms with van der Waals surface area (Å²) in [6.07, 6.45) is -4.38. The summed E-state index contributed by atoms with van der Waals surface area (Å²) < 4.78 is 40.3. The van der Waals surface area contributed by atoms with Crippen LogP contribution in [0.1, 0.15) is 38.1 Å². The first-order chi connectivity index (χ1) is 9.75. The van der Waals surface area contributed by atoms with E-state index in [9.17, 15) is 13.2 Å². The molecule has 0 aliphatic heterocycles. The van der Waals surface area contributed by atoms with Crippen molar-refractivity contribution in [2.24, 2.45) is 0 Å². The summed E-state index contributed by atoms with van der Waals surface area (Å²) in [5.74, 6) is 1.33. The Morgan fingerprint density at radius 3 is 2.43 bits per heavy atom. The van der Waals surface area contributed by atoms with Crippen LogP contribution in [0.2, 0.25) is 0 Å². The lowest BCUT2D eigenvalue weighted by Gasteiger charge is -2.09. The van der Waals surface area contributed by atoms with Gasteiger partial charge in [-0.25, -0.2) is 4.98 Å². The van der Waals surface area contributed by atoms with Crippen LogP contribution in [-0.4, -0.2) is 9.55 Å². The quantitative estimate of drug-likeness (QED) is 0.918. The number of benzene rings is 1. The number of nitrogens with zero attached hydrogens (tertiary/aromatic N) is 2. The SMILES string of the molecule is CCn1c(C(C)C)nc(-c2cccc(C(F)(F)F)c2)c1N. The number of aromatic nitrogens is 2. The highest BCUT2D eigenvalue weighted by Crippen LogP contribution is 2.34. The van der Waals surface area contributed by atoms with Gasteiger partial charge in [0.25, 0.3) is 0 Å². The average Bonchev–Trinajstić information content (AvgIpc) is 2.75. The predicted molar refractivity (Wildman–Crippen MR) is 76.8 cm³/mol. The smallest absolute Gasteiger partial charge is 0.383 e. The number of nitrogen functional groups attached to an aromatic ring is 1. The Kier molecular flexibility index (Phi) is 3.98. The van der Waals surface area contributed by atoms with E-state index in [1.54, 1.807) is 6.07 Å². The van der Waals surface area contributed by atoms with Gasteiger partial charge in [0.05, 0.1) is 5.56 Å². The van der Waals surface area contributed by atoms with Crippen molar-refractivity contribution in [1.29, 1.82) is 0 Å². The molecule has 0 aliphatic carbocycles. The van der Waals surface area contributed by atoms with Crippen molar-refractivity contribution in [1.82, 2.24) is 9.55 Å². The molecule has 1 heterocycles. The molecule has 0 atom stereocenters. The Hall–Kier alpha value is -1.98. The molecule has 1 aromatic carbocycles. The Bertz CT molecular complexity index is 642. The fourth-order valence-electron chi connectivity index (χ4n) is 2.31. The number of alkyl halides is 3. The summed E-state index contributed by atoms with van der Waals surface area (Å²) in [7, 11) is 0. The normalized spacial score (nSPS) is 12.1. The summed E-state index contributed by atoms with van der Waals surface area (Å²) in [6.45, 7) is 6.51. The predicted octanol–water partition coefficient (Wildman–Crippen LogP) is 4.29. The number of hydrogen-bond acceptors (Lipinski definition) is 2. The van der Waals surface area contributed by atoms with Crippen molar-refractivity contribution >= 4 is 5.82 Å². The van der Waals surface area contributed by atoms with Gasteiger partial charge in [0.1, 0.15) is 17.3 Å². The first-order valence-electron chi connectivity index (χ1n) is 6.79. The third kappa shape index (κ3) is 2.89. The molecular formula is C15H18F3N3. The molecule has 0 saturated heterocycles. The summed E-state index contributed by atoms with van der Waals surface area (Å²) >= 11 is 0. The van der Waals surface area contributed by atoms with Crippen molar-refractivity contribution in [3.8, 4) is 11.3 Å². The number of nitrogens with two attached hydrogens (primary N) is 1. The van der Waals surface area contributed by atoms with E-state index in [0.717, 1.165) is 18.0 Å². The second-order valence-electron chi connectivity index (χ2n) is 5.18. The van der Waals surface area contributed by atoms with Gasteiger partial charge >= 0.3 is 6.18 Å². The topological polar surface area (TPSA) is 43.8 Å². The van der Waals surface area contributed by atoms with Crippen LogP contribution < -0.4 is 5.73 Å². The Balaban J connectivity index is 2.57. The average molecular weight is 297 g/mol. The van der Waals surface area contributed by atoms with Crippen molar-refractivity contribution in [2.45, 2.75) is 39.4 Å². The largest absolute Gasteiger partial charge is 0.416 e. The van der Waals surface area contributed by atoms with Gasteiger partial charge in [-0.3, -0.25) is 0 Å². The number of anilines is 1. The van der Waals surface area contributed by atoms with E-state index < -0.39 is 11.7 Å². The highest BCUT2D eigenvalue weighted by Gasteiger charge is 2.31. The third-order valence-corrected chi connectivity index (χ3v) is 3.33. The summed E-state index contributed by atoms with van der Waals surface area (Å²) in [5.41, 5.74) is 6.16. The third-order valence-electron chi connectivity index (χ3n) is 3.33. The van der Waals surface area contributed by atoms with E-state index in [1.807, 2.05) is 25.3 Å². The molecule has 0 fully saturated rings. The fourth-order valence-corrected chi connectivity index (χ4v) is 2.31. The van der Waals surface area contributed by atoms with E-state index in [-0.39, 0.29) is 5.92 Å². The van der Waals surface area contributed by atoms with Crippen LogP contribution in [0.4, 0.5) is 19.0 Å². The zero-order valence-electron chi connectivity index (χ0n) is 12.2. The zero-order chi connectivity index (χ0) is 15.8. The number of rotatable bonds is 3. The lowest BCUT2D eigenvalue weighted by Crippen LogP contribution is -2.06. The molecule has 2 N–H and O–H groups in total. The van der Waals surface area contributed by atoms with E-state index in [0.29, 0.717) is 23.6 Å². The van der Waals surface area contributed by atoms with E-state index in [1.165, 1.54) is 6.07 Å². The molecule has 0 saturated carbocycles. The molecule has 21 heavy (non-hydrogen) atoms. The Morgan fingerprint density at radius 2 is 1.95 bits per heavy atom. The van der Waals surface area contributed by atoms with Gasteiger partial charge in [-0.05, 0) is 19.1 Å². The molecule has 0 unspecified atom stereocenters. The highest BCUT2D eigenvalue weighted by molar-refractivity contribution is 5.71. The Morgan fingerprint density at radius 1 is 1.29 bits per heavy atom. The van der Waals surface area contributed by atoms with E-state index in [2.05, 4.69) is 4.98 Å². The Labute approximate surface area is 121 Å². The molecule has 1 aromatic heterocycles. The van der Waals surface area contributed by atoms with Crippen LogP contribution in [0.25, 0.3) is 11.3 Å². The van der Waals surface area contributed by atoms with Gasteiger partial charge < -0.3 is 10.3 Å². The molecule has 0 radical (unpaired) electrons. The number of hydrogen-bond donors (Lipinski definition) is 1. The summed E-state index contributed by atoms with van der Waals surface area (Å²) in [6, 6.07) is 5.10. The van der Waals surface area contributed by atoms with Gasteiger partial charge in [-0.2, -0.15) is 13.2 Å². The maximum absolute atomic E-state index is 12.8. The minimum Gasteiger partial charge on any atom is -0.383 e. The minimum absolute atomic E-state index is 0.145. The minimum atomic E-state index is -4.38. The molecule has 6 heteroatoms. The molecular weight excluding hydrogens is 279 g/mol. The van der Waals surface area contributed by atoms with Crippen LogP contribution >= 0.6 is 0 Å². The first kappa shape index (κ1) is 15.4. The van der Waals surface area contributed by atoms with Crippen LogP contribution in [-0.2, 0) is 12.7 Å². The van der Waals surface area contributed by atoms with Crippen molar-refractivity contribution < 1.29 is 13.2 Å². The molecule has 0 bridgehead atoms. The van der Waals surface area contributed by atoms with Gasteiger partial charge in [0.2, 0.25) is 0 Å². The lowest BCUT2D eigenvalue weighted by molar-refractivity contribution is -0.137. The first-order valence-corrected chi connectivity index (χ1v) is 6.79. The van der Waals surface area contributed by atoms with Gasteiger partial charge in [0.15, 0.2) is 0 Å². The highest BCUT2D eigenvalue weighted by atomic mass is 19.4. The molecule has 3 nitrogen and oxygen atoms in total. The van der Waals surface area contributed by atoms with Gasteiger partial charge in [0, 0.05) is 18.0 Å². The monoisotopic (exact) mass is 297 g/mol. The standard InChI is InChI=1S/C15H18F3N3/c1-4-21-13(19)12(20-14(21)9(2)3)10-6-5-7-11(8-10)15(16,17)18/h5-9H,4,19H2,1-3H3. The van der Waals surface area contributed by atoms with Crippen molar-refractivity contribution in [2.75, 3.05) is 5.73 Å².